The van der Waals surface area contributed by atoms with Crippen LogP contribution >= 0.6 is 0 Å². The SMILES string of the molecule is CCOC(=O)c1oc2ccccc2c1COC(=O)c1cccc(NS(C)(=O)=O)c1. The number of rotatable bonds is 7. The van der Waals surface area contributed by atoms with Crippen LogP contribution < -0.4 is 4.72 Å². The van der Waals surface area contributed by atoms with Crippen LogP contribution in [0.15, 0.2) is 52.9 Å². The summed E-state index contributed by atoms with van der Waals surface area (Å²) in [7, 11) is -3.48. The minimum absolute atomic E-state index is 0.0201. The average molecular weight is 417 g/mol. The van der Waals surface area contributed by atoms with Gasteiger partial charge in [0.05, 0.1) is 24.0 Å². The number of para-hydroxylation sites is 1. The summed E-state index contributed by atoms with van der Waals surface area (Å²) >= 11 is 0. The molecule has 2 aromatic carbocycles. The Kier molecular flexibility index (Phi) is 5.88. The molecule has 1 aromatic heterocycles. The number of furan rings is 1. The molecule has 0 saturated heterocycles. The monoisotopic (exact) mass is 417 g/mol. The number of sulfonamides is 1. The molecule has 152 valence electrons. The lowest BCUT2D eigenvalue weighted by Crippen LogP contribution is -2.12. The Balaban J connectivity index is 1.83. The number of carbonyl (C=O) groups excluding carboxylic acids is 2. The summed E-state index contributed by atoms with van der Waals surface area (Å²) < 4.78 is 41.0. The van der Waals surface area contributed by atoms with Crippen LogP contribution in [-0.2, 0) is 26.1 Å². The molecule has 0 spiro atoms. The van der Waals surface area contributed by atoms with Gasteiger partial charge < -0.3 is 13.9 Å². The highest BCUT2D eigenvalue weighted by molar-refractivity contribution is 7.92. The van der Waals surface area contributed by atoms with Gasteiger partial charge in [0.25, 0.3) is 0 Å². The highest BCUT2D eigenvalue weighted by Gasteiger charge is 2.23. The maximum absolute atomic E-state index is 12.5. The zero-order valence-corrected chi connectivity index (χ0v) is 16.6. The van der Waals surface area contributed by atoms with E-state index in [4.69, 9.17) is 13.9 Å². The molecule has 3 rings (SSSR count). The molecule has 0 aliphatic heterocycles. The Morgan fingerprint density at radius 3 is 2.52 bits per heavy atom. The van der Waals surface area contributed by atoms with Gasteiger partial charge in [-0.05, 0) is 31.2 Å². The Hall–Kier alpha value is -3.33. The van der Waals surface area contributed by atoms with E-state index in [1.807, 2.05) is 0 Å². The maximum atomic E-state index is 12.5. The number of hydrogen-bond donors (Lipinski definition) is 1. The molecular weight excluding hydrogens is 398 g/mol. The first-order valence-electron chi connectivity index (χ1n) is 8.71. The summed E-state index contributed by atoms with van der Waals surface area (Å²) in [6.07, 6.45) is 1.01. The van der Waals surface area contributed by atoms with Crippen LogP contribution in [0.4, 0.5) is 5.69 Å². The van der Waals surface area contributed by atoms with Crippen molar-refractivity contribution in [3.63, 3.8) is 0 Å². The van der Waals surface area contributed by atoms with Crippen LogP contribution in [0.3, 0.4) is 0 Å². The fourth-order valence-corrected chi connectivity index (χ4v) is 3.30. The summed E-state index contributed by atoms with van der Waals surface area (Å²) in [4.78, 5) is 24.7. The largest absolute Gasteiger partial charge is 0.460 e. The fraction of sp³-hybridized carbons (Fsp3) is 0.200. The van der Waals surface area contributed by atoms with Crippen LogP contribution in [0.2, 0.25) is 0 Å². The van der Waals surface area contributed by atoms with E-state index in [2.05, 4.69) is 4.72 Å². The molecular formula is C20H19NO7S. The number of ether oxygens (including phenoxy) is 2. The second-order valence-electron chi connectivity index (χ2n) is 6.16. The molecule has 1 heterocycles. The second kappa shape index (κ2) is 8.36. The van der Waals surface area contributed by atoms with Gasteiger partial charge in [-0.25, -0.2) is 18.0 Å². The van der Waals surface area contributed by atoms with Crippen LogP contribution in [0.1, 0.15) is 33.4 Å². The van der Waals surface area contributed by atoms with Gasteiger partial charge in [-0.15, -0.1) is 0 Å². The van der Waals surface area contributed by atoms with Crippen LogP contribution in [0.25, 0.3) is 11.0 Å². The highest BCUT2D eigenvalue weighted by Crippen LogP contribution is 2.27. The molecule has 0 unspecified atom stereocenters. The Bertz CT molecular complexity index is 1160. The van der Waals surface area contributed by atoms with Gasteiger partial charge in [-0.3, -0.25) is 4.72 Å². The molecule has 3 aromatic rings. The van der Waals surface area contributed by atoms with E-state index in [1.54, 1.807) is 31.2 Å². The number of hydrogen-bond acceptors (Lipinski definition) is 7. The van der Waals surface area contributed by atoms with Crippen molar-refractivity contribution >= 4 is 38.6 Å². The Morgan fingerprint density at radius 1 is 1.03 bits per heavy atom. The third kappa shape index (κ3) is 4.94. The van der Waals surface area contributed by atoms with E-state index in [9.17, 15) is 18.0 Å². The summed E-state index contributed by atoms with van der Waals surface area (Å²) in [5.41, 5.74) is 1.27. The van der Waals surface area contributed by atoms with E-state index in [-0.39, 0.29) is 30.2 Å². The molecule has 0 aliphatic carbocycles. The van der Waals surface area contributed by atoms with Crippen molar-refractivity contribution < 1.29 is 31.9 Å². The van der Waals surface area contributed by atoms with Crippen LogP contribution in [-0.4, -0.2) is 33.2 Å². The molecule has 0 fully saturated rings. The summed E-state index contributed by atoms with van der Waals surface area (Å²) in [6, 6.07) is 12.9. The molecule has 1 N–H and O–H groups in total. The van der Waals surface area contributed by atoms with Crippen molar-refractivity contribution in [2.75, 3.05) is 17.6 Å². The number of anilines is 1. The Morgan fingerprint density at radius 2 is 1.79 bits per heavy atom. The van der Waals surface area contributed by atoms with Crippen molar-refractivity contribution in [2.45, 2.75) is 13.5 Å². The molecule has 8 nitrogen and oxygen atoms in total. The number of fused-ring (bicyclic) bond motifs is 1. The first-order valence-corrected chi connectivity index (χ1v) is 10.6. The lowest BCUT2D eigenvalue weighted by Gasteiger charge is -2.08. The fourth-order valence-electron chi connectivity index (χ4n) is 2.75. The smallest absolute Gasteiger partial charge is 0.374 e. The molecule has 0 aliphatic rings. The lowest BCUT2D eigenvalue weighted by molar-refractivity contribution is 0.0435. The molecule has 0 amide bonds. The van der Waals surface area contributed by atoms with Gasteiger partial charge in [-0.2, -0.15) is 0 Å². The average Bonchev–Trinajstić information content (AvgIpc) is 3.04. The molecule has 29 heavy (non-hydrogen) atoms. The van der Waals surface area contributed by atoms with E-state index in [0.29, 0.717) is 16.5 Å². The number of esters is 2. The van der Waals surface area contributed by atoms with E-state index < -0.39 is 22.0 Å². The number of benzene rings is 2. The second-order valence-corrected chi connectivity index (χ2v) is 7.91. The van der Waals surface area contributed by atoms with Crippen LogP contribution in [0.5, 0.6) is 0 Å². The lowest BCUT2D eigenvalue weighted by atomic mass is 10.1. The van der Waals surface area contributed by atoms with Gasteiger partial charge in [0.15, 0.2) is 0 Å². The highest BCUT2D eigenvalue weighted by atomic mass is 32.2. The predicted molar refractivity (Wildman–Crippen MR) is 106 cm³/mol. The van der Waals surface area contributed by atoms with Crippen molar-refractivity contribution in [3.05, 3.63) is 65.4 Å². The van der Waals surface area contributed by atoms with Gasteiger partial charge >= 0.3 is 11.9 Å². The predicted octanol–water partition coefficient (Wildman–Crippen LogP) is 3.34. The van der Waals surface area contributed by atoms with E-state index in [0.717, 1.165) is 6.26 Å². The minimum atomic E-state index is -3.48. The van der Waals surface area contributed by atoms with Crippen molar-refractivity contribution in [1.82, 2.24) is 0 Å². The summed E-state index contributed by atoms with van der Waals surface area (Å²) in [5, 5.41) is 0.635. The third-order valence-corrected chi connectivity index (χ3v) is 4.51. The van der Waals surface area contributed by atoms with Crippen molar-refractivity contribution in [3.8, 4) is 0 Å². The van der Waals surface area contributed by atoms with E-state index >= 15 is 0 Å². The van der Waals surface area contributed by atoms with Gasteiger partial charge in [-0.1, -0.05) is 24.3 Å². The Labute approximate surface area is 167 Å². The molecule has 0 saturated carbocycles. The summed E-state index contributed by atoms with van der Waals surface area (Å²) in [5.74, 6) is -1.34. The van der Waals surface area contributed by atoms with Gasteiger partial charge in [0.2, 0.25) is 15.8 Å². The molecule has 0 atom stereocenters. The first-order chi connectivity index (χ1) is 13.8. The minimum Gasteiger partial charge on any atom is -0.460 e. The molecule has 0 radical (unpaired) electrons. The van der Waals surface area contributed by atoms with Crippen molar-refractivity contribution in [2.24, 2.45) is 0 Å². The number of carbonyl (C=O) groups is 2. The molecule has 0 bridgehead atoms. The van der Waals surface area contributed by atoms with E-state index in [1.165, 1.54) is 24.3 Å². The maximum Gasteiger partial charge on any atom is 0.374 e. The van der Waals surface area contributed by atoms with Gasteiger partial charge in [0, 0.05) is 11.1 Å². The summed E-state index contributed by atoms with van der Waals surface area (Å²) in [6.45, 7) is 1.64. The number of nitrogens with one attached hydrogen (secondary N) is 1. The topological polar surface area (TPSA) is 112 Å². The quantitative estimate of drug-likeness (QED) is 0.587. The normalized spacial score (nSPS) is 11.2. The van der Waals surface area contributed by atoms with Crippen molar-refractivity contribution in [1.29, 1.82) is 0 Å². The van der Waals surface area contributed by atoms with Crippen LogP contribution in [0, 0.1) is 0 Å². The molecule has 9 heteroatoms. The first kappa shape index (κ1) is 20.4. The zero-order valence-electron chi connectivity index (χ0n) is 15.8. The standard InChI is InChI=1S/C20H19NO7S/c1-3-26-20(23)18-16(15-9-4-5-10-17(15)28-18)12-27-19(22)13-7-6-8-14(11-13)21-29(2,24)25/h4-11,21H,3,12H2,1-2H3. The zero-order chi connectivity index (χ0) is 21.0. The third-order valence-electron chi connectivity index (χ3n) is 3.91. The van der Waals surface area contributed by atoms with Gasteiger partial charge in [0.1, 0.15) is 12.2 Å².